The van der Waals surface area contributed by atoms with Gasteiger partial charge in [0.05, 0.1) is 16.7 Å². The van der Waals surface area contributed by atoms with Crippen molar-refractivity contribution in [2.75, 3.05) is 0 Å². The van der Waals surface area contributed by atoms with Crippen molar-refractivity contribution in [3.05, 3.63) is 134 Å². The number of benzene rings is 6. The van der Waals surface area contributed by atoms with E-state index in [0.717, 1.165) is 27.7 Å². The first-order chi connectivity index (χ1) is 21.8. The van der Waals surface area contributed by atoms with Crippen molar-refractivity contribution < 1.29 is 0 Å². The van der Waals surface area contributed by atoms with Crippen molar-refractivity contribution >= 4 is 85.9 Å². The Bertz CT molecular complexity index is 2790. The molecule has 0 radical (unpaired) electrons. The molecular formula is C39H22N4S. The molecule has 0 spiro atoms. The highest BCUT2D eigenvalue weighted by atomic mass is 32.1. The van der Waals surface area contributed by atoms with Gasteiger partial charge in [-0.2, -0.15) is 4.98 Å². The van der Waals surface area contributed by atoms with Gasteiger partial charge >= 0.3 is 0 Å². The van der Waals surface area contributed by atoms with Crippen LogP contribution in [0.2, 0.25) is 0 Å². The summed E-state index contributed by atoms with van der Waals surface area (Å²) in [6.45, 7) is 0. The quantitative estimate of drug-likeness (QED) is 0.205. The Hall–Kier alpha value is -5.65. The van der Waals surface area contributed by atoms with Crippen LogP contribution in [-0.4, -0.2) is 19.5 Å². The Morgan fingerprint density at radius 3 is 2.18 bits per heavy atom. The average molecular weight is 579 g/mol. The lowest BCUT2D eigenvalue weighted by atomic mass is 10.00. The second kappa shape index (κ2) is 8.93. The number of rotatable bonds is 2. The smallest absolute Gasteiger partial charge is 0.237 e. The normalized spacial score (nSPS) is 12.1. The maximum atomic E-state index is 5.37. The highest BCUT2D eigenvalue weighted by molar-refractivity contribution is 7.27. The van der Waals surface area contributed by atoms with Crippen molar-refractivity contribution in [2.24, 2.45) is 0 Å². The number of aromatic nitrogens is 4. The summed E-state index contributed by atoms with van der Waals surface area (Å²) in [5.41, 5.74) is 4.81. The van der Waals surface area contributed by atoms with Crippen molar-refractivity contribution in [3.8, 4) is 17.2 Å². The number of hydrogen-bond donors (Lipinski definition) is 0. The van der Waals surface area contributed by atoms with E-state index < -0.39 is 0 Å². The minimum Gasteiger partial charge on any atom is -0.277 e. The van der Waals surface area contributed by atoms with Gasteiger partial charge in [-0.3, -0.25) is 4.57 Å². The molecule has 0 aliphatic heterocycles. The van der Waals surface area contributed by atoms with Crippen LogP contribution in [-0.2, 0) is 0 Å². The molecular weight excluding hydrogens is 557 g/mol. The average Bonchev–Trinajstić information content (AvgIpc) is 3.64. The van der Waals surface area contributed by atoms with Gasteiger partial charge in [-0.1, -0.05) is 97.1 Å². The largest absolute Gasteiger partial charge is 0.277 e. The van der Waals surface area contributed by atoms with Crippen molar-refractivity contribution in [2.45, 2.75) is 0 Å². The zero-order valence-corrected chi connectivity index (χ0v) is 24.2. The van der Waals surface area contributed by atoms with Crippen LogP contribution >= 0.6 is 11.3 Å². The van der Waals surface area contributed by atoms with E-state index in [1.807, 2.05) is 23.6 Å². The summed E-state index contributed by atoms with van der Waals surface area (Å²) in [5, 5.41) is 10.8. The maximum absolute atomic E-state index is 5.37. The number of para-hydroxylation sites is 1. The zero-order chi connectivity index (χ0) is 28.8. The van der Waals surface area contributed by atoms with Gasteiger partial charge in [0, 0.05) is 53.5 Å². The van der Waals surface area contributed by atoms with E-state index in [4.69, 9.17) is 15.0 Å². The molecule has 4 aromatic heterocycles. The molecule has 10 rings (SSSR count). The van der Waals surface area contributed by atoms with Crippen LogP contribution in [0.1, 0.15) is 0 Å². The summed E-state index contributed by atoms with van der Waals surface area (Å²) in [6.07, 6.45) is 1.81. The first-order valence-corrected chi connectivity index (χ1v) is 15.5. The molecule has 6 aromatic carbocycles. The summed E-state index contributed by atoms with van der Waals surface area (Å²) < 4.78 is 4.85. The fourth-order valence-corrected chi connectivity index (χ4v) is 8.21. The van der Waals surface area contributed by atoms with Crippen LogP contribution in [0.5, 0.6) is 0 Å². The number of fused-ring (bicyclic) bond motifs is 12. The van der Waals surface area contributed by atoms with E-state index in [2.05, 4.69) is 126 Å². The van der Waals surface area contributed by atoms with Crippen molar-refractivity contribution in [1.29, 1.82) is 0 Å². The molecule has 0 bridgehead atoms. The van der Waals surface area contributed by atoms with Gasteiger partial charge in [0.1, 0.15) is 0 Å². The number of pyridine rings is 1. The van der Waals surface area contributed by atoms with Crippen LogP contribution in [0.15, 0.2) is 134 Å². The molecule has 0 aliphatic rings. The SMILES string of the molecule is c1ccc2cc(-c3nc(-n4c5ccccc5c5c6sc7ccccc7c6c6ccccc6c54)nc4ncccc34)ccc2c1. The third kappa shape index (κ3) is 3.24. The van der Waals surface area contributed by atoms with Gasteiger partial charge in [-0.15, -0.1) is 11.3 Å². The Kier molecular flexibility index (Phi) is 4.84. The predicted octanol–water partition coefficient (Wildman–Crippen LogP) is 10.5. The molecule has 4 nitrogen and oxygen atoms in total. The first kappa shape index (κ1) is 23.9. The third-order valence-corrected chi connectivity index (χ3v) is 10.0. The molecule has 0 saturated heterocycles. The molecule has 204 valence electrons. The molecule has 5 heteroatoms. The molecule has 0 aliphatic carbocycles. The second-order valence-electron chi connectivity index (χ2n) is 11.2. The highest BCUT2D eigenvalue weighted by Crippen LogP contribution is 2.47. The Morgan fingerprint density at radius 2 is 1.27 bits per heavy atom. The molecule has 4 heterocycles. The Balaban J connectivity index is 1.39. The molecule has 0 amide bonds. The van der Waals surface area contributed by atoms with Gasteiger partial charge in [0.15, 0.2) is 5.65 Å². The van der Waals surface area contributed by atoms with Gasteiger partial charge in [-0.25, -0.2) is 9.97 Å². The van der Waals surface area contributed by atoms with Crippen LogP contribution in [0.25, 0.3) is 91.8 Å². The van der Waals surface area contributed by atoms with E-state index in [-0.39, 0.29) is 0 Å². The Morgan fingerprint density at radius 1 is 0.545 bits per heavy atom. The molecule has 0 N–H and O–H groups in total. The first-order valence-electron chi connectivity index (χ1n) is 14.7. The minimum atomic E-state index is 0.621. The van der Waals surface area contributed by atoms with Gasteiger partial charge < -0.3 is 0 Å². The van der Waals surface area contributed by atoms with E-state index >= 15 is 0 Å². The van der Waals surface area contributed by atoms with Gasteiger partial charge in [-0.05, 0) is 46.5 Å². The fraction of sp³-hybridized carbons (Fsp3) is 0. The topological polar surface area (TPSA) is 43.6 Å². The molecule has 0 saturated carbocycles. The van der Waals surface area contributed by atoms with Crippen LogP contribution < -0.4 is 0 Å². The summed E-state index contributed by atoms with van der Waals surface area (Å²) in [7, 11) is 0. The van der Waals surface area contributed by atoms with Crippen molar-refractivity contribution in [3.63, 3.8) is 0 Å². The lowest BCUT2D eigenvalue weighted by Gasteiger charge is -2.13. The number of nitrogens with zero attached hydrogens (tertiary/aromatic N) is 4. The lowest BCUT2D eigenvalue weighted by molar-refractivity contribution is 1.01. The fourth-order valence-electron chi connectivity index (χ4n) is 6.94. The summed E-state index contributed by atoms with van der Waals surface area (Å²) in [6, 6.07) is 45.2. The number of thiophene rings is 1. The van der Waals surface area contributed by atoms with Crippen LogP contribution in [0.3, 0.4) is 0 Å². The Labute approximate surface area is 255 Å². The van der Waals surface area contributed by atoms with E-state index in [0.29, 0.717) is 11.6 Å². The minimum absolute atomic E-state index is 0.621. The molecule has 44 heavy (non-hydrogen) atoms. The van der Waals surface area contributed by atoms with Crippen molar-refractivity contribution in [1.82, 2.24) is 19.5 Å². The third-order valence-electron chi connectivity index (χ3n) is 8.83. The zero-order valence-electron chi connectivity index (χ0n) is 23.4. The van der Waals surface area contributed by atoms with Crippen LogP contribution in [0, 0.1) is 0 Å². The second-order valence-corrected chi connectivity index (χ2v) is 12.3. The predicted molar refractivity (Wildman–Crippen MR) is 185 cm³/mol. The van der Waals surface area contributed by atoms with Gasteiger partial charge in [0.2, 0.25) is 5.95 Å². The van der Waals surface area contributed by atoms with E-state index in [1.54, 1.807) is 0 Å². The maximum Gasteiger partial charge on any atom is 0.237 e. The summed E-state index contributed by atoms with van der Waals surface area (Å²) >= 11 is 1.87. The van der Waals surface area contributed by atoms with Gasteiger partial charge in [0.25, 0.3) is 0 Å². The van der Waals surface area contributed by atoms with Crippen LogP contribution in [0.4, 0.5) is 0 Å². The lowest BCUT2D eigenvalue weighted by Crippen LogP contribution is -2.04. The molecule has 0 fully saturated rings. The summed E-state index contributed by atoms with van der Waals surface area (Å²) in [4.78, 5) is 15.2. The molecule has 10 aromatic rings. The van der Waals surface area contributed by atoms with E-state index in [9.17, 15) is 0 Å². The number of hydrogen-bond acceptors (Lipinski definition) is 4. The highest BCUT2D eigenvalue weighted by Gasteiger charge is 2.23. The monoisotopic (exact) mass is 578 g/mol. The van der Waals surface area contributed by atoms with E-state index in [1.165, 1.54) is 52.5 Å². The molecule has 0 unspecified atom stereocenters. The molecule has 0 atom stereocenters. The standard InChI is InChI=1S/C39H22N4S/c1-2-11-24-22-25(20-19-23(24)10-1)35-30-16-9-21-40-38(30)42-39(41-35)43-31-17-7-5-14-28(31)34-36(43)27-13-4-3-12-26(27)33-29-15-6-8-18-32(29)44-37(33)34/h1-22H. The summed E-state index contributed by atoms with van der Waals surface area (Å²) in [5.74, 6) is 0.621.